The monoisotopic (exact) mass is 384 g/mol. The van der Waals surface area contributed by atoms with Crippen LogP contribution in [-0.2, 0) is 4.74 Å². The molecule has 0 aliphatic heterocycles. The second-order valence-electron chi connectivity index (χ2n) is 5.54. The number of methoxy groups -OCH3 is 1. The number of nitrogens with one attached hydrogen (secondary N) is 2. The van der Waals surface area contributed by atoms with Gasteiger partial charge in [0.15, 0.2) is 0 Å². The number of aromatic nitrogens is 2. The van der Waals surface area contributed by atoms with E-state index in [9.17, 15) is 18.4 Å². The number of anilines is 3. The van der Waals surface area contributed by atoms with E-state index in [2.05, 4.69) is 25.3 Å². The molecule has 0 atom stereocenters. The first-order chi connectivity index (χ1) is 13.5. The van der Waals surface area contributed by atoms with Gasteiger partial charge in [-0.25, -0.2) is 23.5 Å². The number of benzene rings is 2. The number of halogens is 2. The van der Waals surface area contributed by atoms with Crippen LogP contribution in [0, 0.1) is 11.6 Å². The third-order valence-corrected chi connectivity index (χ3v) is 3.67. The largest absolute Gasteiger partial charge is 0.465 e. The molecular weight excluding hydrogens is 370 g/mol. The number of hydrogen-bond acceptors (Lipinski definition) is 6. The highest BCUT2D eigenvalue weighted by atomic mass is 19.1. The molecule has 0 radical (unpaired) electrons. The lowest BCUT2D eigenvalue weighted by Gasteiger charge is -2.10. The smallest absolute Gasteiger partial charge is 0.339 e. The highest BCUT2D eigenvalue weighted by Gasteiger charge is 2.15. The van der Waals surface area contributed by atoms with E-state index >= 15 is 0 Å². The Hall–Kier alpha value is -3.88. The Labute approximate surface area is 158 Å². The Morgan fingerprint density at radius 2 is 1.71 bits per heavy atom. The first kappa shape index (κ1) is 18.9. The van der Waals surface area contributed by atoms with Gasteiger partial charge in [0.1, 0.15) is 11.6 Å². The van der Waals surface area contributed by atoms with Crippen molar-refractivity contribution in [3.8, 4) is 0 Å². The van der Waals surface area contributed by atoms with E-state index in [4.69, 9.17) is 0 Å². The van der Waals surface area contributed by atoms with Gasteiger partial charge >= 0.3 is 5.97 Å². The van der Waals surface area contributed by atoms with Crippen molar-refractivity contribution in [1.29, 1.82) is 0 Å². The molecule has 0 spiro atoms. The van der Waals surface area contributed by atoms with Gasteiger partial charge in [0, 0.05) is 18.5 Å². The summed E-state index contributed by atoms with van der Waals surface area (Å²) in [6.07, 6.45) is 2.46. The van der Waals surface area contributed by atoms with Crippen LogP contribution in [0.4, 0.5) is 26.1 Å². The van der Waals surface area contributed by atoms with Crippen molar-refractivity contribution in [2.45, 2.75) is 0 Å². The summed E-state index contributed by atoms with van der Waals surface area (Å²) in [4.78, 5) is 32.0. The zero-order valence-corrected chi connectivity index (χ0v) is 14.6. The maximum absolute atomic E-state index is 13.7. The Balaban J connectivity index is 1.73. The minimum Gasteiger partial charge on any atom is -0.465 e. The van der Waals surface area contributed by atoms with Gasteiger partial charge in [-0.1, -0.05) is 12.1 Å². The molecule has 0 saturated heterocycles. The Morgan fingerprint density at radius 1 is 1.00 bits per heavy atom. The summed E-state index contributed by atoms with van der Waals surface area (Å²) in [6.45, 7) is 0. The first-order valence-electron chi connectivity index (χ1n) is 8.00. The topological polar surface area (TPSA) is 93.2 Å². The van der Waals surface area contributed by atoms with Gasteiger partial charge in [-0.05, 0) is 24.3 Å². The summed E-state index contributed by atoms with van der Waals surface area (Å²) >= 11 is 0. The number of ether oxygens (including phenoxy) is 1. The molecule has 7 nitrogen and oxygen atoms in total. The number of rotatable bonds is 5. The van der Waals surface area contributed by atoms with E-state index in [-0.39, 0.29) is 28.5 Å². The van der Waals surface area contributed by atoms with Crippen molar-refractivity contribution in [2.24, 2.45) is 0 Å². The van der Waals surface area contributed by atoms with Crippen molar-refractivity contribution in [3.63, 3.8) is 0 Å². The molecule has 0 fully saturated rings. The third-order valence-electron chi connectivity index (χ3n) is 3.67. The molecule has 1 aromatic heterocycles. The van der Waals surface area contributed by atoms with Crippen LogP contribution >= 0.6 is 0 Å². The number of carbonyl (C=O) groups is 2. The first-order valence-corrected chi connectivity index (χ1v) is 8.00. The fraction of sp³-hybridized carbons (Fsp3) is 0.0526. The van der Waals surface area contributed by atoms with Crippen LogP contribution < -0.4 is 10.6 Å². The van der Waals surface area contributed by atoms with Crippen LogP contribution in [-0.4, -0.2) is 29.0 Å². The van der Waals surface area contributed by atoms with E-state index in [1.54, 1.807) is 18.2 Å². The summed E-state index contributed by atoms with van der Waals surface area (Å²) in [5, 5.41) is 5.17. The number of esters is 1. The van der Waals surface area contributed by atoms with Gasteiger partial charge in [-0.2, -0.15) is 0 Å². The highest BCUT2D eigenvalue weighted by Crippen LogP contribution is 2.19. The maximum Gasteiger partial charge on any atom is 0.339 e. The fourth-order valence-electron chi connectivity index (χ4n) is 2.30. The molecule has 1 heterocycles. The van der Waals surface area contributed by atoms with Crippen molar-refractivity contribution in [3.05, 3.63) is 77.6 Å². The predicted molar refractivity (Wildman–Crippen MR) is 97.4 cm³/mol. The molecule has 3 rings (SSSR count). The molecule has 28 heavy (non-hydrogen) atoms. The minimum atomic E-state index is -0.801. The number of hydrogen-bond donors (Lipinski definition) is 2. The van der Waals surface area contributed by atoms with Gasteiger partial charge in [-0.3, -0.25) is 4.79 Å². The molecule has 1 amide bonds. The SMILES string of the molecule is COC(=O)c1ccccc1NC(=O)c1cnc(Nc2ccc(F)cc2F)nc1. The van der Waals surface area contributed by atoms with E-state index in [1.165, 1.54) is 31.6 Å². The molecule has 0 saturated carbocycles. The van der Waals surface area contributed by atoms with Gasteiger partial charge in [0.2, 0.25) is 5.95 Å². The number of para-hydroxylation sites is 1. The van der Waals surface area contributed by atoms with Crippen LogP contribution in [0.1, 0.15) is 20.7 Å². The number of nitrogens with zero attached hydrogens (tertiary/aromatic N) is 2. The van der Waals surface area contributed by atoms with E-state index in [1.807, 2.05) is 0 Å². The van der Waals surface area contributed by atoms with Crippen LogP contribution in [0.3, 0.4) is 0 Å². The summed E-state index contributed by atoms with van der Waals surface area (Å²) in [6, 6.07) is 9.39. The Morgan fingerprint density at radius 3 is 2.39 bits per heavy atom. The van der Waals surface area contributed by atoms with Crippen molar-refractivity contribution in [2.75, 3.05) is 17.7 Å². The minimum absolute atomic E-state index is 0.00870. The quantitative estimate of drug-likeness (QED) is 0.654. The lowest BCUT2D eigenvalue weighted by atomic mass is 10.1. The second-order valence-corrected chi connectivity index (χ2v) is 5.54. The van der Waals surface area contributed by atoms with Gasteiger partial charge in [0.05, 0.1) is 29.6 Å². The number of carbonyl (C=O) groups excluding carboxylic acids is 2. The van der Waals surface area contributed by atoms with Gasteiger partial charge < -0.3 is 15.4 Å². The Bertz CT molecular complexity index is 1030. The fourth-order valence-corrected chi connectivity index (χ4v) is 2.30. The van der Waals surface area contributed by atoms with Crippen molar-refractivity contribution in [1.82, 2.24) is 9.97 Å². The molecule has 2 aromatic carbocycles. The molecule has 0 bridgehead atoms. The van der Waals surface area contributed by atoms with Crippen LogP contribution in [0.15, 0.2) is 54.9 Å². The zero-order valence-electron chi connectivity index (χ0n) is 14.6. The molecule has 142 valence electrons. The number of amides is 1. The molecule has 0 aliphatic carbocycles. The lowest BCUT2D eigenvalue weighted by molar-refractivity contribution is 0.0602. The molecule has 0 unspecified atom stereocenters. The van der Waals surface area contributed by atoms with Crippen LogP contribution in [0.25, 0.3) is 0 Å². The molecule has 0 aliphatic rings. The second kappa shape index (κ2) is 8.21. The molecule has 9 heteroatoms. The van der Waals surface area contributed by atoms with E-state index in [0.717, 1.165) is 12.1 Å². The molecule has 2 N–H and O–H groups in total. The maximum atomic E-state index is 13.7. The van der Waals surface area contributed by atoms with E-state index < -0.39 is 23.5 Å². The summed E-state index contributed by atoms with van der Waals surface area (Å²) in [7, 11) is 1.24. The zero-order chi connectivity index (χ0) is 20.1. The van der Waals surface area contributed by atoms with Gasteiger partial charge in [-0.15, -0.1) is 0 Å². The average Bonchev–Trinajstić information content (AvgIpc) is 2.70. The third kappa shape index (κ3) is 4.26. The standard InChI is InChI=1S/C19H14F2N4O3/c1-28-18(27)13-4-2-3-5-15(13)24-17(26)11-9-22-19(23-10-11)25-16-7-6-12(20)8-14(16)21/h2-10H,1H3,(H,24,26)(H,22,23,25). The molecule has 3 aromatic rings. The van der Waals surface area contributed by atoms with Crippen molar-refractivity contribution >= 4 is 29.2 Å². The summed E-state index contributed by atoms with van der Waals surface area (Å²) in [5.41, 5.74) is 0.578. The van der Waals surface area contributed by atoms with Crippen LogP contribution in [0.2, 0.25) is 0 Å². The summed E-state index contributed by atoms with van der Waals surface area (Å²) < 4.78 is 31.3. The molecular formula is C19H14F2N4O3. The predicted octanol–water partition coefficient (Wildman–Crippen LogP) is 3.54. The summed E-state index contributed by atoms with van der Waals surface area (Å²) in [5.74, 6) is -2.62. The lowest BCUT2D eigenvalue weighted by Crippen LogP contribution is -2.16. The normalized spacial score (nSPS) is 10.2. The van der Waals surface area contributed by atoms with Gasteiger partial charge in [0.25, 0.3) is 5.91 Å². The highest BCUT2D eigenvalue weighted by molar-refractivity contribution is 6.07. The van der Waals surface area contributed by atoms with Crippen molar-refractivity contribution < 1.29 is 23.1 Å². The Kier molecular flexibility index (Phi) is 5.54. The van der Waals surface area contributed by atoms with E-state index in [0.29, 0.717) is 0 Å². The average molecular weight is 384 g/mol. The van der Waals surface area contributed by atoms with Crippen LogP contribution in [0.5, 0.6) is 0 Å².